The van der Waals surface area contributed by atoms with E-state index in [0.29, 0.717) is 6.54 Å². The van der Waals surface area contributed by atoms with Gasteiger partial charge in [-0.2, -0.15) is 0 Å². The van der Waals surface area contributed by atoms with Crippen LogP contribution in [0.5, 0.6) is 0 Å². The number of nitrogens with one attached hydrogen (secondary N) is 1. The van der Waals surface area contributed by atoms with Crippen LogP contribution < -0.4 is 5.32 Å². The number of halogens is 1. The molecule has 0 aromatic carbocycles. The van der Waals surface area contributed by atoms with Gasteiger partial charge in [-0.15, -0.1) is 11.3 Å². The first-order valence-corrected chi connectivity index (χ1v) is 6.65. The highest BCUT2D eigenvalue weighted by atomic mass is 79.9. The maximum absolute atomic E-state index is 11.7. The van der Waals surface area contributed by atoms with Crippen molar-refractivity contribution in [1.82, 2.24) is 10.2 Å². The number of rotatable bonds is 2. The number of carbonyl (C=O) groups is 1. The molecule has 1 aromatic heterocycles. The molecule has 2 heterocycles. The molecule has 15 heavy (non-hydrogen) atoms. The summed E-state index contributed by atoms with van der Waals surface area (Å²) in [7, 11) is 0. The predicted molar refractivity (Wildman–Crippen MR) is 64.9 cm³/mol. The summed E-state index contributed by atoms with van der Waals surface area (Å²) >= 11 is 5.18. The molecule has 1 aliphatic heterocycles. The molecule has 2 rings (SSSR count). The first-order chi connectivity index (χ1) is 7.27. The number of hydrogen-bond acceptors (Lipinski definition) is 3. The van der Waals surface area contributed by atoms with Crippen molar-refractivity contribution in [3.63, 3.8) is 0 Å². The van der Waals surface area contributed by atoms with Crippen LogP contribution in [-0.2, 0) is 11.3 Å². The molecule has 1 amide bonds. The minimum Gasteiger partial charge on any atom is -0.336 e. The number of amides is 1. The van der Waals surface area contributed by atoms with E-state index in [1.165, 1.54) is 4.88 Å². The summed E-state index contributed by atoms with van der Waals surface area (Å²) in [4.78, 5) is 14.9. The summed E-state index contributed by atoms with van der Waals surface area (Å²) in [6.45, 7) is 3.01. The Morgan fingerprint density at radius 3 is 3.20 bits per heavy atom. The Bertz CT molecular complexity index is 353. The molecule has 0 unspecified atom stereocenters. The van der Waals surface area contributed by atoms with Crippen molar-refractivity contribution >= 4 is 33.2 Å². The van der Waals surface area contributed by atoms with Crippen LogP contribution in [0, 0.1) is 0 Å². The Morgan fingerprint density at radius 1 is 1.60 bits per heavy atom. The van der Waals surface area contributed by atoms with Gasteiger partial charge in [0.1, 0.15) is 0 Å². The SMILES string of the molecule is O=C1CNCCCN1Cc1sccc1Br. The number of nitrogens with zero attached hydrogens (tertiary/aromatic N) is 1. The van der Waals surface area contributed by atoms with E-state index >= 15 is 0 Å². The van der Waals surface area contributed by atoms with Crippen LogP contribution in [-0.4, -0.2) is 30.4 Å². The van der Waals surface area contributed by atoms with Gasteiger partial charge in [0.25, 0.3) is 0 Å². The van der Waals surface area contributed by atoms with Gasteiger partial charge in [-0.3, -0.25) is 4.79 Å². The van der Waals surface area contributed by atoms with Crippen LogP contribution in [0.4, 0.5) is 0 Å². The molecule has 0 saturated carbocycles. The van der Waals surface area contributed by atoms with Crippen LogP contribution in [0.1, 0.15) is 11.3 Å². The average molecular weight is 289 g/mol. The summed E-state index contributed by atoms with van der Waals surface area (Å²) in [6, 6.07) is 2.03. The zero-order valence-corrected chi connectivity index (χ0v) is 10.7. The van der Waals surface area contributed by atoms with Gasteiger partial charge in [0.15, 0.2) is 0 Å². The van der Waals surface area contributed by atoms with Gasteiger partial charge in [0.2, 0.25) is 5.91 Å². The fourth-order valence-electron chi connectivity index (χ4n) is 1.61. The third-order valence-electron chi connectivity index (χ3n) is 2.44. The van der Waals surface area contributed by atoms with Gasteiger partial charge >= 0.3 is 0 Å². The number of hydrogen-bond donors (Lipinski definition) is 1. The van der Waals surface area contributed by atoms with E-state index in [1.54, 1.807) is 11.3 Å². The molecule has 0 spiro atoms. The van der Waals surface area contributed by atoms with E-state index in [-0.39, 0.29) is 5.91 Å². The minimum atomic E-state index is 0.202. The zero-order chi connectivity index (χ0) is 10.7. The lowest BCUT2D eigenvalue weighted by Gasteiger charge is -2.19. The number of carbonyl (C=O) groups excluding carboxylic acids is 1. The molecule has 0 bridgehead atoms. The van der Waals surface area contributed by atoms with Crippen molar-refractivity contribution in [2.75, 3.05) is 19.6 Å². The zero-order valence-electron chi connectivity index (χ0n) is 8.33. The average Bonchev–Trinajstić information content (AvgIpc) is 2.50. The summed E-state index contributed by atoms with van der Waals surface area (Å²) in [5, 5.41) is 5.16. The molecule has 1 N–H and O–H groups in total. The molecule has 5 heteroatoms. The Balaban J connectivity index is 2.03. The Kier molecular flexibility index (Phi) is 3.77. The highest BCUT2D eigenvalue weighted by Gasteiger charge is 2.17. The summed E-state index contributed by atoms with van der Waals surface area (Å²) in [5.74, 6) is 0.202. The van der Waals surface area contributed by atoms with E-state index in [2.05, 4.69) is 21.2 Å². The molecule has 0 atom stereocenters. The Labute approximate surface area is 102 Å². The van der Waals surface area contributed by atoms with Gasteiger partial charge in [-0.1, -0.05) is 0 Å². The van der Waals surface area contributed by atoms with E-state index in [4.69, 9.17) is 0 Å². The van der Waals surface area contributed by atoms with Gasteiger partial charge in [-0.25, -0.2) is 0 Å². The van der Waals surface area contributed by atoms with Gasteiger partial charge in [-0.05, 0) is 40.3 Å². The molecule has 0 aliphatic carbocycles. The van der Waals surface area contributed by atoms with Gasteiger partial charge < -0.3 is 10.2 Å². The van der Waals surface area contributed by atoms with Gasteiger partial charge in [0, 0.05) is 15.9 Å². The van der Waals surface area contributed by atoms with E-state index in [9.17, 15) is 4.79 Å². The fraction of sp³-hybridized carbons (Fsp3) is 0.500. The lowest BCUT2D eigenvalue weighted by molar-refractivity contribution is -0.130. The first-order valence-electron chi connectivity index (χ1n) is 4.98. The Hall–Kier alpha value is -0.390. The second kappa shape index (κ2) is 5.09. The summed E-state index contributed by atoms with van der Waals surface area (Å²) < 4.78 is 1.11. The molecule has 1 aromatic rings. The molecular weight excluding hydrogens is 276 g/mol. The fourth-order valence-corrected chi connectivity index (χ4v) is 3.10. The monoisotopic (exact) mass is 288 g/mol. The molecule has 82 valence electrons. The summed E-state index contributed by atoms with van der Waals surface area (Å²) in [6.07, 6.45) is 1.04. The Morgan fingerprint density at radius 2 is 2.47 bits per heavy atom. The maximum Gasteiger partial charge on any atom is 0.236 e. The maximum atomic E-state index is 11.7. The molecule has 1 aliphatic rings. The predicted octanol–water partition coefficient (Wildman–Crippen LogP) is 1.83. The van der Waals surface area contributed by atoms with Crippen molar-refractivity contribution in [2.24, 2.45) is 0 Å². The molecule has 3 nitrogen and oxygen atoms in total. The summed E-state index contributed by atoms with van der Waals surface area (Å²) in [5.41, 5.74) is 0. The minimum absolute atomic E-state index is 0.202. The smallest absolute Gasteiger partial charge is 0.236 e. The van der Waals surface area contributed by atoms with Crippen molar-refractivity contribution in [2.45, 2.75) is 13.0 Å². The van der Waals surface area contributed by atoms with Crippen LogP contribution in [0.2, 0.25) is 0 Å². The molecule has 1 saturated heterocycles. The van der Waals surface area contributed by atoms with Crippen molar-refractivity contribution < 1.29 is 4.79 Å². The normalized spacial score (nSPS) is 17.9. The lowest BCUT2D eigenvalue weighted by Crippen LogP contribution is -2.34. The number of thiophene rings is 1. The first kappa shape index (κ1) is 11.1. The van der Waals surface area contributed by atoms with Crippen LogP contribution >= 0.6 is 27.3 Å². The highest BCUT2D eigenvalue weighted by molar-refractivity contribution is 9.10. The lowest BCUT2D eigenvalue weighted by atomic mass is 10.3. The second-order valence-electron chi connectivity index (χ2n) is 3.54. The third-order valence-corrected chi connectivity index (χ3v) is 4.35. The van der Waals surface area contributed by atoms with Crippen molar-refractivity contribution in [1.29, 1.82) is 0 Å². The van der Waals surface area contributed by atoms with Crippen LogP contribution in [0.3, 0.4) is 0 Å². The highest BCUT2D eigenvalue weighted by Crippen LogP contribution is 2.24. The molecular formula is C10H13BrN2OS. The van der Waals surface area contributed by atoms with Crippen molar-refractivity contribution in [3.8, 4) is 0 Å². The van der Waals surface area contributed by atoms with Crippen LogP contribution in [0.15, 0.2) is 15.9 Å². The molecule has 1 fully saturated rings. The van der Waals surface area contributed by atoms with E-state index < -0.39 is 0 Å². The quantitative estimate of drug-likeness (QED) is 0.901. The largest absolute Gasteiger partial charge is 0.336 e. The van der Waals surface area contributed by atoms with Gasteiger partial charge in [0.05, 0.1) is 13.1 Å². The topological polar surface area (TPSA) is 32.3 Å². The van der Waals surface area contributed by atoms with E-state index in [0.717, 1.165) is 30.5 Å². The third kappa shape index (κ3) is 2.80. The standard InChI is InChI=1S/C10H13BrN2OS/c11-8-2-5-15-9(8)7-13-4-1-3-12-6-10(13)14/h2,5,12H,1,3-4,6-7H2. The van der Waals surface area contributed by atoms with Crippen molar-refractivity contribution in [3.05, 3.63) is 20.8 Å². The second-order valence-corrected chi connectivity index (χ2v) is 5.39. The molecule has 0 radical (unpaired) electrons. The van der Waals surface area contributed by atoms with E-state index in [1.807, 2.05) is 16.3 Å². The van der Waals surface area contributed by atoms with Crippen LogP contribution in [0.25, 0.3) is 0 Å².